The van der Waals surface area contributed by atoms with Crippen LogP contribution in [0.3, 0.4) is 0 Å². The largest absolute Gasteiger partial charge is 0.511 e. The Morgan fingerprint density at radius 2 is 1.87 bits per heavy atom. The molecule has 10 nitrogen and oxygen atoms in total. The number of hydrogen-bond acceptors (Lipinski definition) is 6. The van der Waals surface area contributed by atoms with Crippen molar-refractivity contribution in [3.05, 3.63) is 0 Å². The maximum Gasteiger partial charge on any atom is 0.511 e. The molecule has 2 saturated heterocycles. The molecule has 4 rings (SSSR count). The van der Waals surface area contributed by atoms with Gasteiger partial charge < -0.3 is 15.5 Å². The number of sulfonamides is 1. The highest BCUT2D eigenvalue weighted by atomic mass is 32.2. The number of piperidine rings is 1. The third kappa shape index (κ3) is 5.89. The van der Waals surface area contributed by atoms with Gasteiger partial charge in [-0.05, 0) is 55.3 Å². The van der Waals surface area contributed by atoms with Crippen LogP contribution in [-0.4, -0.2) is 67.8 Å². The van der Waals surface area contributed by atoms with Gasteiger partial charge in [0.2, 0.25) is 17.7 Å². The molecule has 39 heavy (non-hydrogen) atoms. The first-order chi connectivity index (χ1) is 18.2. The highest BCUT2D eigenvalue weighted by Crippen LogP contribution is 2.65. The Morgan fingerprint density at radius 3 is 2.44 bits per heavy atom. The van der Waals surface area contributed by atoms with E-state index in [4.69, 9.17) is 0 Å². The number of fused-ring (bicyclic) bond motifs is 1. The van der Waals surface area contributed by atoms with Crippen LogP contribution in [-0.2, 0) is 24.4 Å². The number of amides is 3. The van der Waals surface area contributed by atoms with Crippen LogP contribution in [0.2, 0.25) is 0 Å². The molecule has 0 radical (unpaired) electrons. The smallest absolute Gasteiger partial charge is 0.356 e. The Bertz CT molecular complexity index is 1130. The average molecular weight is 576 g/mol. The van der Waals surface area contributed by atoms with Gasteiger partial charge in [0.15, 0.2) is 0 Å². The molecule has 3 amide bonds. The fourth-order valence-corrected chi connectivity index (χ4v) is 7.52. The first-order valence-corrected chi connectivity index (χ1v) is 15.0. The van der Waals surface area contributed by atoms with Crippen molar-refractivity contribution in [1.82, 2.24) is 20.3 Å². The van der Waals surface area contributed by atoms with Gasteiger partial charge in [0, 0.05) is 19.0 Å². The quantitative estimate of drug-likeness (QED) is 0.382. The van der Waals surface area contributed by atoms with Crippen molar-refractivity contribution in [2.75, 3.05) is 13.1 Å². The number of carbonyl (C=O) groups is 3. The lowest BCUT2D eigenvalue weighted by atomic mass is 9.83. The van der Waals surface area contributed by atoms with Crippen molar-refractivity contribution >= 4 is 27.7 Å². The number of likely N-dealkylation sites (tertiary alicyclic amines) is 1. The zero-order valence-corrected chi connectivity index (χ0v) is 22.9. The molecule has 4 fully saturated rings. The number of rotatable bonds is 9. The Hall–Kier alpha value is -2.40. The number of carbonyl (C=O) groups excluding carboxylic acids is 3. The van der Waals surface area contributed by atoms with Gasteiger partial charge in [0.05, 0.1) is 6.07 Å². The maximum absolute atomic E-state index is 13.8. The molecule has 6 atom stereocenters. The maximum atomic E-state index is 13.8. The van der Waals surface area contributed by atoms with Gasteiger partial charge in [-0.1, -0.05) is 33.1 Å². The van der Waals surface area contributed by atoms with Gasteiger partial charge in [0.1, 0.15) is 18.1 Å². The van der Waals surface area contributed by atoms with Crippen LogP contribution < -0.4 is 15.4 Å². The number of alkyl halides is 3. The van der Waals surface area contributed by atoms with Gasteiger partial charge in [0.25, 0.3) is 0 Å². The van der Waals surface area contributed by atoms with Crippen LogP contribution in [0.25, 0.3) is 0 Å². The molecule has 0 spiro atoms. The summed E-state index contributed by atoms with van der Waals surface area (Å²) in [6.45, 7) is 4.56. The van der Waals surface area contributed by atoms with Gasteiger partial charge >= 0.3 is 15.5 Å². The number of nitrogens with zero attached hydrogens (tertiary/aromatic N) is 2. The molecule has 0 bridgehead atoms. The van der Waals surface area contributed by atoms with Crippen LogP contribution in [0.1, 0.15) is 65.2 Å². The van der Waals surface area contributed by atoms with E-state index in [9.17, 15) is 41.2 Å². The van der Waals surface area contributed by atoms with Crippen molar-refractivity contribution in [3.8, 4) is 6.07 Å². The van der Waals surface area contributed by atoms with Crippen LogP contribution >= 0.6 is 0 Å². The topological polar surface area (TPSA) is 148 Å². The number of nitriles is 1. The van der Waals surface area contributed by atoms with E-state index in [-0.39, 0.29) is 42.0 Å². The Kier molecular flexibility index (Phi) is 8.25. The highest BCUT2D eigenvalue weighted by molar-refractivity contribution is 7.90. The summed E-state index contributed by atoms with van der Waals surface area (Å²) in [5.74, 6) is -2.74. The molecule has 2 aliphatic carbocycles. The molecular weight excluding hydrogens is 539 g/mol. The summed E-state index contributed by atoms with van der Waals surface area (Å²) in [6.07, 6.45) is 4.22. The first-order valence-electron chi connectivity index (χ1n) is 13.6. The number of halogens is 3. The third-order valence-corrected chi connectivity index (χ3v) is 10.3. The molecule has 3 N–H and O–H groups in total. The molecule has 0 unspecified atom stereocenters. The Morgan fingerprint density at radius 1 is 1.21 bits per heavy atom. The predicted molar refractivity (Wildman–Crippen MR) is 133 cm³/mol. The monoisotopic (exact) mass is 575 g/mol. The minimum absolute atomic E-state index is 0.0776. The molecule has 4 aliphatic rings. The normalized spacial score (nSPS) is 30.2. The number of nitrogens with one attached hydrogen (secondary N) is 3. The van der Waals surface area contributed by atoms with Gasteiger partial charge in [-0.25, -0.2) is 8.42 Å². The molecular formula is C25H36F3N5O5S. The molecule has 2 aliphatic heterocycles. The van der Waals surface area contributed by atoms with Gasteiger partial charge in [-0.3, -0.25) is 14.4 Å². The van der Waals surface area contributed by atoms with E-state index in [0.29, 0.717) is 45.1 Å². The fraction of sp³-hybridized carbons (Fsp3) is 0.840. The number of hydrogen-bond donors (Lipinski definition) is 3. The van der Waals surface area contributed by atoms with Gasteiger partial charge in [-0.2, -0.15) is 23.2 Å². The zero-order chi connectivity index (χ0) is 28.8. The van der Waals surface area contributed by atoms with E-state index in [1.807, 2.05) is 19.9 Å². The van der Waals surface area contributed by atoms with E-state index < -0.39 is 51.4 Å². The van der Waals surface area contributed by atoms with Crippen LogP contribution in [0.5, 0.6) is 0 Å². The van der Waals surface area contributed by atoms with Crippen LogP contribution in [0, 0.1) is 40.4 Å². The molecule has 0 aromatic rings. The molecule has 2 heterocycles. The fourth-order valence-electron chi connectivity index (χ4n) is 6.76. The standard InChI is InChI=1S/C25H36F3N5O5S/c1-24(2)17-13-33(23(36)19(14-6-4-3-5-7-14)32-39(37,38)25(26,27)28)20(18(17)24)22(35)31-16(12-29)9-8-15-10-11-30-21(15)34/h14-20,32H,3-11,13H2,1-2H3,(H,30,34)(H,31,35)/t15-,16+,17+,18+,19+,20+/m1/s1. The summed E-state index contributed by atoms with van der Waals surface area (Å²) in [7, 11) is -5.80. The van der Waals surface area contributed by atoms with Crippen molar-refractivity contribution in [3.63, 3.8) is 0 Å². The van der Waals surface area contributed by atoms with E-state index in [0.717, 1.165) is 6.42 Å². The lowest BCUT2D eigenvalue weighted by Crippen LogP contribution is -2.59. The highest BCUT2D eigenvalue weighted by Gasteiger charge is 2.70. The lowest BCUT2D eigenvalue weighted by Gasteiger charge is -2.37. The van der Waals surface area contributed by atoms with Gasteiger partial charge in [-0.15, -0.1) is 0 Å². The molecule has 0 aromatic heterocycles. The Balaban J connectivity index is 1.53. The second kappa shape index (κ2) is 10.9. The van der Waals surface area contributed by atoms with Crippen molar-refractivity contribution < 1.29 is 36.0 Å². The van der Waals surface area contributed by atoms with E-state index in [1.54, 1.807) is 4.72 Å². The summed E-state index contributed by atoms with van der Waals surface area (Å²) in [4.78, 5) is 40.3. The first kappa shape index (κ1) is 29.6. The Labute approximate surface area is 226 Å². The molecule has 218 valence electrons. The lowest BCUT2D eigenvalue weighted by molar-refractivity contribution is -0.143. The summed E-state index contributed by atoms with van der Waals surface area (Å²) >= 11 is 0. The summed E-state index contributed by atoms with van der Waals surface area (Å²) < 4.78 is 65.6. The van der Waals surface area contributed by atoms with Crippen molar-refractivity contribution in [2.45, 2.75) is 88.8 Å². The summed E-state index contributed by atoms with van der Waals surface area (Å²) in [5.41, 5.74) is -5.88. The zero-order valence-electron chi connectivity index (χ0n) is 22.1. The predicted octanol–water partition coefficient (Wildman–Crippen LogP) is 1.78. The second-order valence-corrected chi connectivity index (χ2v) is 13.6. The molecule has 2 saturated carbocycles. The van der Waals surface area contributed by atoms with Crippen molar-refractivity contribution in [1.29, 1.82) is 5.26 Å². The summed E-state index contributed by atoms with van der Waals surface area (Å²) in [6, 6.07) is -1.56. The molecule has 0 aromatic carbocycles. The minimum atomic E-state index is -5.80. The van der Waals surface area contributed by atoms with E-state index >= 15 is 0 Å². The van der Waals surface area contributed by atoms with Crippen molar-refractivity contribution in [2.24, 2.45) is 29.1 Å². The second-order valence-electron chi connectivity index (χ2n) is 11.9. The van der Waals surface area contributed by atoms with E-state index in [2.05, 4.69) is 10.6 Å². The SMILES string of the molecule is CC1(C)[C@@H]2[C@@H](C(=O)N[C@H](C#N)CC[C@@H]3CCNC3=O)N(C(=O)[C@@H](NS(=O)(=O)C(F)(F)F)C3CCCCC3)C[C@@H]21. The van der Waals surface area contributed by atoms with E-state index in [1.165, 1.54) is 4.90 Å². The molecule has 14 heteroatoms. The minimum Gasteiger partial charge on any atom is -0.356 e. The summed E-state index contributed by atoms with van der Waals surface area (Å²) in [5, 5.41) is 15.0. The van der Waals surface area contributed by atoms with Crippen LogP contribution in [0.4, 0.5) is 13.2 Å². The third-order valence-electron chi connectivity index (χ3n) is 9.17. The average Bonchev–Trinajstić information content (AvgIpc) is 3.22. The van der Waals surface area contributed by atoms with Crippen LogP contribution in [0.15, 0.2) is 0 Å².